The number of unbranched alkanes of at least 4 members (excludes halogenated alkanes) is 2. The van der Waals surface area contributed by atoms with Crippen molar-refractivity contribution in [1.29, 1.82) is 0 Å². The highest BCUT2D eigenvalue weighted by molar-refractivity contribution is 8.00. The van der Waals surface area contributed by atoms with Gasteiger partial charge in [-0.15, -0.1) is 0 Å². The van der Waals surface area contributed by atoms with Gasteiger partial charge in [0.05, 0.1) is 54.6 Å². The number of carbonyl (C=O) groups is 4. The number of pyridine rings is 1. The van der Waals surface area contributed by atoms with E-state index in [0.29, 0.717) is 41.7 Å². The Morgan fingerprint density at radius 3 is 2.41 bits per heavy atom. The van der Waals surface area contributed by atoms with Crippen molar-refractivity contribution >= 4 is 35.5 Å². The summed E-state index contributed by atoms with van der Waals surface area (Å²) in [4.78, 5) is 57.5. The predicted octanol–water partition coefficient (Wildman–Crippen LogP) is 5.10. The van der Waals surface area contributed by atoms with E-state index in [1.807, 2.05) is 43.8 Å². The van der Waals surface area contributed by atoms with Crippen molar-refractivity contribution in [2.45, 2.75) is 146 Å². The molecule has 1 saturated carbocycles. The highest BCUT2D eigenvalue weighted by atomic mass is 32.2. The van der Waals surface area contributed by atoms with Gasteiger partial charge >= 0.3 is 6.03 Å². The van der Waals surface area contributed by atoms with Crippen LogP contribution in [0.3, 0.4) is 0 Å². The van der Waals surface area contributed by atoms with Gasteiger partial charge < -0.3 is 41.5 Å². The summed E-state index contributed by atoms with van der Waals surface area (Å²) in [5, 5.41) is 39.1. The molecule has 0 spiro atoms. The van der Waals surface area contributed by atoms with Crippen LogP contribution in [0.15, 0.2) is 48.7 Å². The maximum absolute atomic E-state index is 14.0. The molecule has 1 aromatic heterocycles. The molecule has 320 valence electrons. The quantitative estimate of drug-likeness (QED) is 0.0626. The monoisotopic (exact) mass is 822 g/mol. The number of aliphatic hydroxyl groups excluding tert-OH is 2. The van der Waals surface area contributed by atoms with Crippen molar-refractivity contribution < 1.29 is 34.1 Å². The summed E-state index contributed by atoms with van der Waals surface area (Å²) in [6, 6.07) is 11.1. The standard InChI is InChI=1S/C44H66N6O7S/c1-5-28(4)37(43(55)46-25-30-18-13-14-22-45-30)49-42(54)36(27(2)3)40(52)39(51)32(24-29-16-8-6-9-17-29)47-41(53)31-19-11-12-20-34(31)57-23-15-7-10-21-35-38-33(26-58-35)48-44(56)50-38/h11-14,18-20,22,27-29,32-33,35-40,51-52H,5-10,15-17,21,23-26H2,1-4H3,(H,46,55)(H,47,53)(H,49,54)(H2,48,50,56)/t28-,32-,33-,35-,36+,37-,38-,39+,40+/m0/s1. The molecule has 0 bridgehead atoms. The van der Waals surface area contributed by atoms with E-state index < -0.39 is 47.9 Å². The second kappa shape index (κ2) is 22.5. The van der Waals surface area contributed by atoms with Gasteiger partial charge in [0.1, 0.15) is 17.9 Å². The number of aromatic nitrogens is 1. The molecular weight excluding hydrogens is 757 g/mol. The lowest BCUT2D eigenvalue weighted by Crippen LogP contribution is -2.57. The summed E-state index contributed by atoms with van der Waals surface area (Å²) in [5.41, 5.74) is 1.02. The number of carbonyl (C=O) groups excluding carboxylic acids is 4. The fourth-order valence-corrected chi connectivity index (χ4v) is 10.1. The van der Waals surface area contributed by atoms with Crippen molar-refractivity contribution in [2.75, 3.05) is 12.4 Å². The van der Waals surface area contributed by atoms with Crippen molar-refractivity contribution in [1.82, 2.24) is 31.6 Å². The molecule has 58 heavy (non-hydrogen) atoms. The van der Waals surface area contributed by atoms with Crippen LogP contribution in [0.2, 0.25) is 0 Å². The van der Waals surface area contributed by atoms with Crippen molar-refractivity contribution in [3.8, 4) is 5.75 Å². The maximum atomic E-state index is 14.0. The minimum Gasteiger partial charge on any atom is -0.493 e. The zero-order valence-corrected chi connectivity index (χ0v) is 35.5. The number of nitrogens with zero attached hydrogens (tertiary/aromatic N) is 1. The highest BCUT2D eigenvalue weighted by Gasteiger charge is 2.43. The first kappa shape index (κ1) is 45.2. The Labute approximate surface area is 348 Å². The third-order valence-electron chi connectivity index (χ3n) is 12.2. The van der Waals surface area contributed by atoms with Crippen LogP contribution in [0.1, 0.15) is 114 Å². The fourth-order valence-electron chi connectivity index (χ4n) is 8.59. The zero-order chi connectivity index (χ0) is 41.6. The number of urea groups is 1. The second-order valence-corrected chi connectivity index (χ2v) is 18.1. The van der Waals surface area contributed by atoms with E-state index in [9.17, 15) is 29.4 Å². The number of hydrogen-bond donors (Lipinski definition) is 7. The molecule has 2 aromatic rings. The molecular formula is C44H66N6O7S. The van der Waals surface area contributed by atoms with Gasteiger partial charge in [0, 0.05) is 17.2 Å². The minimum absolute atomic E-state index is 0.0731. The van der Waals surface area contributed by atoms with Crippen LogP contribution in [0.5, 0.6) is 5.75 Å². The second-order valence-electron chi connectivity index (χ2n) is 16.8. The van der Waals surface area contributed by atoms with E-state index in [1.54, 1.807) is 44.3 Å². The molecule has 7 N–H and O–H groups in total. The molecule has 3 aliphatic rings. The van der Waals surface area contributed by atoms with Crippen LogP contribution in [-0.4, -0.2) is 92.9 Å². The Hall–Kier alpha value is -3.88. The van der Waals surface area contributed by atoms with Crippen molar-refractivity contribution in [2.24, 2.45) is 23.7 Å². The van der Waals surface area contributed by atoms with Gasteiger partial charge in [-0.25, -0.2) is 4.79 Å². The van der Waals surface area contributed by atoms with Crippen LogP contribution in [0, 0.1) is 23.7 Å². The normalized spacial score (nSPS) is 22.4. The summed E-state index contributed by atoms with van der Waals surface area (Å²) in [7, 11) is 0. The van der Waals surface area contributed by atoms with Gasteiger partial charge in [0.25, 0.3) is 5.91 Å². The smallest absolute Gasteiger partial charge is 0.315 e. The fraction of sp³-hybridized carbons (Fsp3) is 0.659. The summed E-state index contributed by atoms with van der Waals surface area (Å²) in [6.07, 6.45) is 8.71. The van der Waals surface area contributed by atoms with Crippen LogP contribution < -0.4 is 31.3 Å². The minimum atomic E-state index is -1.52. The lowest BCUT2D eigenvalue weighted by atomic mass is 9.79. The van der Waals surface area contributed by atoms with E-state index in [1.165, 1.54) is 0 Å². The first-order chi connectivity index (χ1) is 28.0. The summed E-state index contributed by atoms with van der Waals surface area (Å²) >= 11 is 1.91. The molecule has 0 unspecified atom stereocenters. The topological polar surface area (TPSA) is 191 Å². The van der Waals surface area contributed by atoms with Gasteiger partial charge in [0.15, 0.2) is 0 Å². The van der Waals surface area contributed by atoms with Gasteiger partial charge in [-0.2, -0.15) is 11.8 Å². The van der Waals surface area contributed by atoms with Crippen molar-refractivity contribution in [3.63, 3.8) is 0 Å². The molecule has 5 amide bonds. The summed E-state index contributed by atoms with van der Waals surface area (Å²) < 4.78 is 6.15. The predicted molar refractivity (Wildman–Crippen MR) is 226 cm³/mol. The Bertz CT molecular complexity index is 1630. The third-order valence-corrected chi connectivity index (χ3v) is 13.7. The Kier molecular flexibility index (Phi) is 17.5. The van der Waals surface area contributed by atoms with E-state index in [0.717, 1.165) is 63.5 Å². The lowest BCUT2D eigenvalue weighted by Gasteiger charge is -2.36. The first-order valence-electron chi connectivity index (χ1n) is 21.5. The molecule has 3 heterocycles. The number of rotatable bonds is 22. The Morgan fingerprint density at radius 1 is 0.931 bits per heavy atom. The number of amides is 5. The Morgan fingerprint density at radius 2 is 1.69 bits per heavy atom. The highest BCUT2D eigenvalue weighted by Crippen LogP contribution is 2.34. The summed E-state index contributed by atoms with van der Waals surface area (Å²) in [6.45, 7) is 8.08. The molecule has 2 saturated heterocycles. The zero-order valence-electron chi connectivity index (χ0n) is 34.7. The van der Waals surface area contributed by atoms with E-state index in [2.05, 4.69) is 31.6 Å². The average Bonchev–Trinajstić information content (AvgIpc) is 3.79. The van der Waals surface area contributed by atoms with Crippen LogP contribution >= 0.6 is 11.8 Å². The van der Waals surface area contributed by atoms with Crippen LogP contribution in [0.25, 0.3) is 0 Å². The molecule has 9 atom stereocenters. The number of fused-ring (bicyclic) bond motifs is 1. The lowest BCUT2D eigenvalue weighted by molar-refractivity contribution is -0.140. The van der Waals surface area contributed by atoms with Gasteiger partial charge in [-0.05, 0) is 61.3 Å². The first-order valence-corrected chi connectivity index (χ1v) is 22.6. The van der Waals surface area contributed by atoms with E-state index in [4.69, 9.17) is 4.74 Å². The number of hydrogen-bond acceptors (Lipinski definition) is 9. The van der Waals surface area contributed by atoms with Gasteiger partial charge in [-0.1, -0.05) is 97.3 Å². The number of aliphatic hydroxyl groups is 2. The summed E-state index contributed by atoms with van der Waals surface area (Å²) in [5.74, 6) is -1.35. The Balaban J connectivity index is 1.21. The van der Waals surface area contributed by atoms with E-state index in [-0.39, 0.29) is 42.4 Å². The molecule has 3 fully saturated rings. The molecule has 13 nitrogen and oxygen atoms in total. The van der Waals surface area contributed by atoms with Crippen LogP contribution in [-0.2, 0) is 16.1 Å². The number of ether oxygens (including phenoxy) is 1. The molecule has 0 radical (unpaired) electrons. The molecule has 1 aliphatic carbocycles. The largest absolute Gasteiger partial charge is 0.493 e. The molecule has 14 heteroatoms. The number of nitrogens with one attached hydrogen (secondary N) is 5. The SMILES string of the molecule is CC[C@H](C)[C@H](NC(=O)[C@H](C(C)C)[C@@H](O)[C@H](O)[C@H](CC1CCCCC1)NC(=O)c1ccccc1OCCCCC[C@@H]1SC[C@@H]2NC(=O)N[C@@H]21)C(=O)NCc1ccccn1. The van der Waals surface area contributed by atoms with Crippen LogP contribution in [0.4, 0.5) is 4.79 Å². The number of benzene rings is 1. The van der Waals surface area contributed by atoms with Gasteiger partial charge in [-0.3, -0.25) is 19.4 Å². The maximum Gasteiger partial charge on any atom is 0.315 e. The number of thioether (sulfide) groups is 1. The number of para-hydroxylation sites is 1. The molecule has 2 aliphatic heterocycles. The molecule has 5 rings (SSSR count). The van der Waals surface area contributed by atoms with Crippen molar-refractivity contribution in [3.05, 3.63) is 59.9 Å². The van der Waals surface area contributed by atoms with E-state index >= 15 is 0 Å². The average molecular weight is 823 g/mol. The molecule has 1 aromatic carbocycles. The van der Waals surface area contributed by atoms with Gasteiger partial charge in [0.2, 0.25) is 11.8 Å². The third kappa shape index (κ3) is 12.6.